The largest absolute Gasteiger partial charge is 0.491 e. The van der Waals surface area contributed by atoms with Gasteiger partial charge in [0, 0.05) is 51.5 Å². The first-order valence-corrected chi connectivity index (χ1v) is 10.3. The van der Waals surface area contributed by atoms with Crippen LogP contribution in [0, 0.1) is 0 Å². The standard InChI is InChI=1S/C21H37N3O2/c1-3-5-13-24(14-6-4-2)19-7-9-21(10-8-19)26-18-20(25)17-23-15-11-22-12-16-23/h7-10,20,22,25H,3-6,11-18H2,1-2H3. The molecular formula is C21H37N3O2. The molecule has 1 aromatic carbocycles. The minimum atomic E-state index is -0.446. The molecule has 1 aromatic rings. The average molecular weight is 364 g/mol. The SMILES string of the molecule is CCCCN(CCCC)c1ccc(OCC(O)CN2CCNCC2)cc1. The van der Waals surface area contributed by atoms with Crippen LogP contribution in [-0.2, 0) is 0 Å². The van der Waals surface area contributed by atoms with Crippen molar-refractivity contribution >= 4 is 5.69 Å². The molecule has 5 nitrogen and oxygen atoms in total. The first-order chi connectivity index (χ1) is 12.7. The topological polar surface area (TPSA) is 48.0 Å². The van der Waals surface area contributed by atoms with Gasteiger partial charge in [0.25, 0.3) is 0 Å². The molecule has 1 saturated heterocycles. The highest BCUT2D eigenvalue weighted by Crippen LogP contribution is 2.21. The maximum absolute atomic E-state index is 10.2. The van der Waals surface area contributed by atoms with Gasteiger partial charge in [-0.25, -0.2) is 0 Å². The Balaban J connectivity index is 1.79. The summed E-state index contributed by atoms with van der Waals surface area (Å²) in [5, 5.41) is 13.5. The number of nitrogens with one attached hydrogen (secondary N) is 1. The Hall–Kier alpha value is -1.30. The van der Waals surface area contributed by atoms with Crippen molar-refractivity contribution in [3.05, 3.63) is 24.3 Å². The Morgan fingerprint density at radius 3 is 2.27 bits per heavy atom. The van der Waals surface area contributed by atoms with Crippen molar-refractivity contribution in [1.82, 2.24) is 10.2 Å². The Bertz CT molecular complexity index is 467. The molecule has 1 fully saturated rings. The zero-order chi connectivity index (χ0) is 18.6. The van der Waals surface area contributed by atoms with Gasteiger partial charge >= 0.3 is 0 Å². The van der Waals surface area contributed by atoms with Gasteiger partial charge in [0.2, 0.25) is 0 Å². The second kappa shape index (κ2) is 12.2. The monoisotopic (exact) mass is 363 g/mol. The Morgan fingerprint density at radius 1 is 1.08 bits per heavy atom. The molecule has 148 valence electrons. The molecule has 26 heavy (non-hydrogen) atoms. The summed E-state index contributed by atoms with van der Waals surface area (Å²) in [6, 6.07) is 8.34. The lowest BCUT2D eigenvalue weighted by atomic mass is 10.2. The Morgan fingerprint density at radius 2 is 1.69 bits per heavy atom. The third-order valence-electron chi connectivity index (χ3n) is 4.89. The fraction of sp³-hybridized carbons (Fsp3) is 0.714. The van der Waals surface area contributed by atoms with Crippen LogP contribution < -0.4 is 15.0 Å². The minimum absolute atomic E-state index is 0.346. The van der Waals surface area contributed by atoms with Crippen molar-refractivity contribution < 1.29 is 9.84 Å². The van der Waals surface area contributed by atoms with Crippen LogP contribution in [0.15, 0.2) is 24.3 Å². The molecule has 2 N–H and O–H groups in total. The smallest absolute Gasteiger partial charge is 0.119 e. The summed E-state index contributed by atoms with van der Waals surface area (Å²) in [5.74, 6) is 0.832. The molecule has 0 radical (unpaired) electrons. The van der Waals surface area contributed by atoms with Crippen LogP contribution in [0.1, 0.15) is 39.5 Å². The summed E-state index contributed by atoms with van der Waals surface area (Å²) < 4.78 is 5.80. The maximum atomic E-state index is 10.2. The minimum Gasteiger partial charge on any atom is -0.491 e. The van der Waals surface area contributed by atoms with Gasteiger partial charge in [0.05, 0.1) is 0 Å². The van der Waals surface area contributed by atoms with Gasteiger partial charge in [0.1, 0.15) is 18.5 Å². The summed E-state index contributed by atoms with van der Waals surface area (Å²) in [6.07, 6.45) is 4.43. The molecule has 0 spiro atoms. The van der Waals surface area contributed by atoms with E-state index in [4.69, 9.17) is 4.74 Å². The molecule has 1 atom stereocenters. The first-order valence-electron chi connectivity index (χ1n) is 10.3. The summed E-state index contributed by atoms with van der Waals surface area (Å²) >= 11 is 0. The number of benzene rings is 1. The van der Waals surface area contributed by atoms with Crippen molar-refractivity contribution in [3.63, 3.8) is 0 Å². The number of anilines is 1. The van der Waals surface area contributed by atoms with Crippen molar-refractivity contribution in [2.24, 2.45) is 0 Å². The van der Waals surface area contributed by atoms with E-state index in [1.54, 1.807) is 0 Å². The third-order valence-corrected chi connectivity index (χ3v) is 4.89. The maximum Gasteiger partial charge on any atom is 0.119 e. The molecule has 1 heterocycles. The van der Waals surface area contributed by atoms with Crippen LogP contribution in [0.2, 0.25) is 0 Å². The highest BCUT2D eigenvalue weighted by Gasteiger charge is 2.15. The zero-order valence-electron chi connectivity index (χ0n) is 16.6. The van der Waals surface area contributed by atoms with Crippen molar-refractivity contribution in [3.8, 4) is 5.75 Å². The van der Waals surface area contributed by atoms with Crippen LogP contribution in [0.5, 0.6) is 5.75 Å². The fourth-order valence-electron chi connectivity index (χ4n) is 3.26. The molecule has 1 aliphatic heterocycles. The molecule has 0 amide bonds. The molecule has 2 rings (SSSR count). The lowest BCUT2D eigenvalue weighted by Gasteiger charge is -2.29. The van der Waals surface area contributed by atoms with Gasteiger partial charge in [-0.2, -0.15) is 0 Å². The summed E-state index contributed by atoms with van der Waals surface area (Å²) in [6.45, 7) is 11.7. The first kappa shape index (κ1) is 21.0. The van der Waals surface area contributed by atoms with Gasteiger partial charge < -0.3 is 20.1 Å². The molecule has 0 saturated carbocycles. The van der Waals surface area contributed by atoms with Crippen LogP contribution in [0.3, 0.4) is 0 Å². The number of ether oxygens (including phenoxy) is 1. The van der Waals surface area contributed by atoms with Crippen LogP contribution in [0.4, 0.5) is 5.69 Å². The van der Waals surface area contributed by atoms with Crippen molar-refractivity contribution in [2.75, 3.05) is 57.3 Å². The van der Waals surface area contributed by atoms with Crippen molar-refractivity contribution in [1.29, 1.82) is 0 Å². The highest BCUT2D eigenvalue weighted by atomic mass is 16.5. The molecule has 0 aliphatic carbocycles. The number of piperazine rings is 1. The van der Waals surface area contributed by atoms with E-state index >= 15 is 0 Å². The summed E-state index contributed by atoms with van der Waals surface area (Å²) in [5.41, 5.74) is 1.26. The highest BCUT2D eigenvalue weighted by molar-refractivity contribution is 5.49. The number of hydrogen-bond donors (Lipinski definition) is 2. The number of hydrogen-bond acceptors (Lipinski definition) is 5. The Labute approximate surface area is 159 Å². The molecule has 5 heteroatoms. The normalized spacial score (nSPS) is 16.4. The van der Waals surface area contributed by atoms with Crippen LogP contribution in [0.25, 0.3) is 0 Å². The van der Waals surface area contributed by atoms with E-state index in [0.717, 1.165) is 45.0 Å². The quantitative estimate of drug-likeness (QED) is 0.598. The van der Waals surface area contributed by atoms with E-state index in [-0.39, 0.29) is 0 Å². The van der Waals surface area contributed by atoms with E-state index in [1.165, 1.54) is 31.4 Å². The van der Waals surface area contributed by atoms with E-state index in [1.807, 2.05) is 12.1 Å². The average Bonchev–Trinajstić information content (AvgIpc) is 2.68. The predicted molar refractivity (Wildman–Crippen MR) is 109 cm³/mol. The fourth-order valence-corrected chi connectivity index (χ4v) is 3.26. The summed E-state index contributed by atoms with van der Waals surface area (Å²) in [7, 11) is 0. The summed E-state index contributed by atoms with van der Waals surface area (Å²) in [4.78, 5) is 4.75. The molecule has 0 aromatic heterocycles. The van der Waals surface area contributed by atoms with Gasteiger partial charge in [-0.1, -0.05) is 26.7 Å². The van der Waals surface area contributed by atoms with E-state index in [2.05, 4.69) is 41.1 Å². The number of nitrogens with zero attached hydrogens (tertiary/aromatic N) is 2. The number of β-amino-alcohol motifs (C(OH)–C–C–N with tert-alkyl or cyclic N) is 1. The molecule has 0 bridgehead atoms. The van der Waals surface area contributed by atoms with Gasteiger partial charge in [-0.05, 0) is 37.1 Å². The van der Waals surface area contributed by atoms with Gasteiger partial charge in [-0.3, -0.25) is 4.90 Å². The van der Waals surface area contributed by atoms with Gasteiger partial charge in [-0.15, -0.1) is 0 Å². The van der Waals surface area contributed by atoms with E-state index in [9.17, 15) is 5.11 Å². The molecule has 1 unspecified atom stereocenters. The van der Waals surface area contributed by atoms with Gasteiger partial charge in [0.15, 0.2) is 0 Å². The third kappa shape index (κ3) is 7.52. The van der Waals surface area contributed by atoms with Crippen LogP contribution >= 0.6 is 0 Å². The number of rotatable bonds is 12. The zero-order valence-corrected chi connectivity index (χ0v) is 16.6. The second-order valence-corrected chi connectivity index (χ2v) is 7.20. The van der Waals surface area contributed by atoms with Crippen molar-refractivity contribution in [2.45, 2.75) is 45.6 Å². The second-order valence-electron chi connectivity index (χ2n) is 7.20. The van der Waals surface area contributed by atoms with E-state index in [0.29, 0.717) is 13.2 Å². The lowest BCUT2D eigenvalue weighted by molar-refractivity contribution is 0.0641. The number of aliphatic hydroxyl groups is 1. The number of aliphatic hydroxyl groups excluding tert-OH is 1. The lowest BCUT2D eigenvalue weighted by Crippen LogP contribution is -2.47. The van der Waals surface area contributed by atoms with Crippen LogP contribution in [-0.4, -0.2) is 68.5 Å². The number of unbranched alkanes of at least 4 members (excludes halogenated alkanes) is 2. The molecule has 1 aliphatic rings. The van der Waals surface area contributed by atoms with E-state index < -0.39 is 6.10 Å². The Kier molecular flexibility index (Phi) is 9.82. The predicted octanol–water partition coefficient (Wildman–Crippen LogP) is 2.74. The molecular weight excluding hydrogens is 326 g/mol.